The van der Waals surface area contributed by atoms with Crippen molar-refractivity contribution in [1.82, 2.24) is 15.5 Å². The summed E-state index contributed by atoms with van der Waals surface area (Å²) in [6.07, 6.45) is 6.27. The largest absolute Gasteiger partial charge is 0.496 e. The van der Waals surface area contributed by atoms with Crippen molar-refractivity contribution in [3.05, 3.63) is 29.8 Å². The molecule has 2 aliphatic heterocycles. The molecule has 0 aromatic heterocycles. The van der Waals surface area contributed by atoms with Gasteiger partial charge in [0.15, 0.2) is 5.11 Å². The number of methoxy groups -OCH3 is 1. The van der Waals surface area contributed by atoms with Gasteiger partial charge in [-0.1, -0.05) is 38.5 Å². The Morgan fingerprint density at radius 3 is 2.58 bits per heavy atom. The second kappa shape index (κ2) is 9.05. The molecule has 4 nitrogen and oxygen atoms in total. The molecular weight excluding hydrogens is 342 g/mol. The highest BCUT2D eigenvalue weighted by molar-refractivity contribution is 7.80. The molecule has 0 saturated carbocycles. The summed E-state index contributed by atoms with van der Waals surface area (Å²) in [5, 5.41) is 7.75. The van der Waals surface area contributed by atoms with Crippen LogP contribution >= 0.6 is 12.2 Å². The summed E-state index contributed by atoms with van der Waals surface area (Å²) in [7, 11) is 1.76. The van der Waals surface area contributed by atoms with Gasteiger partial charge in [0, 0.05) is 36.8 Å². The highest BCUT2D eigenvalue weighted by atomic mass is 32.1. The standard InChI is InChI=1S/C21H33N3OS/c1-15(2)13-22-21(26)23-17-11-18-8-6-9-19(12-17)24(18)14-16-7-4-5-10-20(16)25-3/h4-5,7,10,15,17-19H,6,8-9,11-14H2,1-3H3,(H2,22,23,26)/t17?,18-,19+. The minimum atomic E-state index is 0.492. The van der Waals surface area contributed by atoms with Crippen LogP contribution in [0.15, 0.2) is 24.3 Å². The normalized spacial score (nSPS) is 25.8. The first kappa shape index (κ1) is 19.4. The summed E-state index contributed by atoms with van der Waals surface area (Å²) in [5.74, 6) is 1.61. The van der Waals surface area contributed by atoms with Gasteiger partial charge in [0.1, 0.15) is 5.75 Å². The van der Waals surface area contributed by atoms with Gasteiger partial charge >= 0.3 is 0 Å². The number of fused-ring (bicyclic) bond motifs is 2. The molecule has 0 radical (unpaired) electrons. The fourth-order valence-corrected chi connectivity index (χ4v) is 4.67. The molecule has 3 atom stereocenters. The molecule has 2 bridgehead atoms. The smallest absolute Gasteiger partial charge is 0.166 e. The Bertz CT molecular complexity index is 593. The quantitative estimate of drug-likeness (QED) is 0.742. The monoisotopic (exact) mass is 375 g/mol. The van der Waals surface area contributed by atoms with Crippen LogP contribution in [0.5, 0.6) is 5.75 Å². The van der Waals surface area contributed by atoms with E-state index in [1.165, 1.54) is 37.7 Å². The maximum atomic E-state index is 5.56. The predicted molar refractivity (Wildman–Crippen MR) is 112 cm³/mol. The molecule has 2 fully saturated rings. The van der Waals surface area contributed by atoms with Crippen LogP contribution < -0.4 is 15.4 Å². The van der Waals surface area contributed by atoms with Crippen molar-refractivity contribution in [2.75, 3.05) is 13.7 Å². The number of ether oxygens (including phenoxy) is 1. The van der Waals surface area contributed by atoms with Crippen molar-refractivity contribution in [2.45, 2.75) is 70.6 Å². The Hall–Kier alpha value is -1.33. The number of rotatable bonds is 6. The maximum Gasteiger partial charge on any atom is 0.166 e. The van der Waals surface area contributed by atoms with E-state index in [1.807, 2.05) is 6.07 Å². The predicted octanol–water partition coefficient (Wildman–Crippen LogP) is 3.70. The van der Waals surface area contributed by atoms with Crippen molar-refractivity contribution >= 4 is 17.3 Å². The average Bonchev–Trinajstić information content (AvgIpc) is 2.61. The van der Waals surface area contributed by atoms with Crippen LogP contribution in [0.2, 0.25) is 0 Å². The lowest BCUT2D eigenvalue weighted by molar-refractivity contribution is 0.0205. The number of hydrogen-bond acceptors (Lipinski definition) is 3. The molecule has 0 spiro atoms. The lowest BCUT2D eigenvalue weighted by atomic mass is 9.81. The zero-order valence-corrected chi connectivity index (χ0v) is 17.1. The summed E-state index contributed by atoms with van der Waals surface area (Å²) in [4.78, 5) is 2.71. The second-order valence-corrected chi connectivity index (χ2v) is 8.55. The molecule has 1 unspecified atom stereocenters. The van der Waals surface area contributed by atoms with E-state index >= 15 is 0 Å². The third-order valence-corrected chi connectivity index (χ3v) is 5.94. The first-order valence-electron chi connectivity index (χ1n) is 9.98. The van der Waals surface area contributed by atoms with E-state index in [2.05, 4.69) is 47.6 Å². The van der Waals surface area contributed by atoms with Gasteiger partial charge in [-0.15, -0.1) is 0 Å². The molecule has 1 aromatic rings. The molecule has 2 N–H and O–H groups in total. The van der Waals surface area contributed by atoms with E-state index in [4.69, 9.17) is 17.0 Å². The van der Waals surface area contributed by atoms with E-state index in [-0.39, 0.29) is 0 Å². The van der Waals surface area contributed by atoms with Gasteiger partial charge in [0.05, 0.1) is 7.11 Å². The molecule has 5 heteroatoms. The van der Waals surface area contributed by atoms with E-state index in [9.17, 15) is 0 Å². The van der Waals surface area contributed by atoms with E-state index in [0.717, 1.165) is 24.0 Å². The minimum absolute atomic E-state index is 0.492. The van der Waals surface area contributed by atoms with Crippen LogP contribution in [0.4, 0.5) is 0 Å². The zero-order valence-electron chi connectivity index (χ0n) is 16.3. The number of benzene rings is 1. The van der Waals surface area contributed by atoms with Crippen LogP contribution in [0.1, 0.15) is 51.5 Å². The molecule has 0 amide bonds. The summed E-state index contributed by atoms with van der Waals surface area (Å²) < 4.78 is 5.56. The maximum absolute atomic E-state index is 5.56. The number of thiocarbonyl (C=S) groups is 1. The van der Waals surface area contributed by atoms with Gasteiger partial charge in [-0.05, 0) is 49.9 Å². The summed E-state index contributed by atoms with van der Waals surface area (Å²) >= 11 is 5.50. The Labute approximate surface area is 163 Å². The summed E-state index contributed by atoms with van der Waals surface area (Å²) in [6.45, 7) is 6.33. The van der Waals surface area contributed by atoms with Crippen molar-refractivity contribution in [1.29, 1.82) is 0 Å². The Morgan fingerprint density at radius 2 is 1.92 bits per heavy atom. The third kappa shape index (κ3) is 4.89. The van der Waals surface area contributed by atoms with Crippen molar-refractivity contribution in [2.24, 2.45) is 5.92 Å². The van der Waals surface area contributed by atoms with Crippen LogP contribution in [0.25, 0.3) is 0 Å². The number of piperidine rings is 2. The molecule has 2 saturated heterocycles. The first-order chi connectivity index (χ1) is 12.6. The van der Waals surface area contributed by atoms with Crippen LogP contribution in [0, 0.1) is 5.92 Å². The fraction of sp³-hybridized carbons (Fsp3) is 0.667. The number of hydrogen-bond donors (Lipinski definition) is 2. The van der Waals surface area contributed by atoms with Gasteiger partial charge in [-0.2, -0.15) is 0 Å². The molecule has 2 heterocycles. The molecule has 2 aliphatic rings. The molecule has 0 aliphatic carbocycles. The minimum Gasteiger partial charge on any atom is -0.496 e. The molecule has 1 aromatic carbocycles. The van der Waals surface area contributed by atoms with Gasteiger partial charge in [0.2, 0.25) is 0 Å². The van der Waals surface area contributed by atoms with Gasteiger partial charge in [-0.3, -0.25) is 4.90 Å². The highest BCUT2D eigenvalue weighted by Gasteiger charge is 2.38. The fourth-order valence-electron chi connectivity index (χ4n) is 4.42. The van der Waals surface area contributed by atoms with Crippen LogP contribution in [-0.4, -0.2) is 41.8 Å². The molecular formula is C21H33N3OS. The van der Waals surface area contributed by atoms with Crippen molar-refractivity contribution < 1.29 is 4.74 Å². The van der Waals surface area contributed by atoms with E-state index in [0.29, 0.717) is 24.0 Å². The third-order valence-electron chi connectivity index (χ3n) is 5.68. The van der Waals surface area contributed by atoms with Crippen LogP contribution in [-0.2, 0) is 6.54 Å². The molecule has 26 heavy (non-hydrogen) atoms. The van der Waals surface area contributed by atoms with Gasteiger partial charge < -0.3 is 15.4 Å². The average molecular weight is 376 g/mol. The number of nitrogens with zero attached hydrogens (tertiary/aromatic N) is 1. The Balaban J connectivity index is 1.60. The van der Waals surface area contributed by atoms with E-state index < -0.39 is 0 Å². The highest BCUT2D eigenvalue weighted by Crippen LogP contribution is 2.36. The summed E-state index contributed by atoms with van der Waals surface area (Å²) in [6, 6.07) is 10.2. The van der Waals surface area contributed by atoms with E-state index in [1.54, 1.807) is 7.11 Å². The zero-order chi connectivity index (χ0) is 18.5. The lowest BCUT2D eigenvalue weighted by Gasteiger charge is -2.49. The lowest BCUT2D eigenvalue weighted by Crippen LogP contribution is -2.57. The molecule has 3 rings (SSSR count). The van der Waals surface area contributed by atoms with Crippen molar-refractivity contribution in [3.63, 3.8) is 0 Å². The molecule has 144 valence electrons. The SMILES string of the molecule is COc1ccccc1CN1[C@@H]2CCC[C@H]1CC(NC(=S)NCC(C)C)C2. The Morgan fingerprint density at radius 1 is 1.23 bits per heavy atom. The van der Waals surface area contributed by atoms with Crippen molar-refractivity contribution in [3.8, 4) is 5.75 Å². The first-order valence-corrected chi connectivity index (χ1v) is 10.4. The second-order valence-electron chi connectivity index (χ2n) is 8.14. The van der Waals surface area contributed by atoms with Gasteiger partial charge in [-0.25, -0.2) is 0 Å². The topological polar surface area (TPSA) is 36.5 Å². The van der Waals surface area contributed by atoms with Gasteiger partial charge in [0.25, 0.3) is 0 Å². The Kier molecular flexibility index (Phi) is 6.76. The van der Waals surface area contributed by atoms with Crippen LogP contribution in [0.3, 0.4) is 0 Å². The summed E-state index contributed by atoms with van der Waals surface area (Å²) in [5.41, 5.74) is 1.30. The number of para-hydroxylation sites is 1. The number of nitrogens with one attached hydrogen (secondary N) is 2.